The molecule has 2 aromatic rings. The molecule has 120 valence electrons. The first-order valence-corrected chi connectivity index (χ1v) is 7.85. The summed E-state index contributed by atoms with van der Waals surface area (Å²) in [6, 6.07) is 9.47. The highest BCUT2D eigenvalue weighted by Gasteiger charge is 2.26. The first kappa shape index (κ1) is 15.3. The minimum atomic E-state index is -0.00591. The van der Waals surface area contributed by atoms with Crippen molar-refractivity contribution in [3.63, 3.8) is 0 Å². The molecule has 0 unspecified atom stereocenters. The van der Waals surface area contributed by atoms with Crippen LogP contribution >= 0.6 is 0 Å². The molecule has 23 heavy (non-hydrogen) atoms. The van der Waals surface area contributed by atoms with Gasteiger partial charge in [-0.15, -0.1) is 0 Å². The van der Waals surface area contributed by atoms with E-state index in [2.05, 4.69) is 4.98 Å². The maximum atomic E-state index is 12.7. The van der Waals surface area contributed by atoms with Crippen LogP contribution in [0.2, 0.25) is 0 Å². The summed E-state index contributed by atoms with van der Waals surface area (Å²) in [4.78, 5) is 31.5. The summed E-state index contributed by atoms with van der Waals surface area (Å²) in [6.45, 7) is 6.25. The number of nitrogens with one attached hydrogen (secondary N) is 1. The summed E-state index contributed by atoms with van der Waals surface area (Å²) in [5, 5.41) is 0. The Morgan fingerprint density at radius 2 is 1.61 bits per heavy atom. The standard InChI is InChI=1S/C18H21N3O2/c1-13-5-6-15(14(2)12-13)17(22)20-8-10-21(11-9-20)18(23)16-4-3-7-19-16/h3-7,12,19H,8-11H2,1-2H3. The van der Waals surface area contributed by atoms with E-state index in [0.29, 0.717) is 31.9 Å². The Bertz CT molecular complexity index is 714. The molecule has 0 saturated carbocycles. The Balaban J connectivity index is 1.64. The van der Waals surface area contributed by atoms with Crippen molar-refractivity contribution < 1.29 is 9.59 Å². The number of piperazine rings is 1. The van der Waals surface area contributed by atoms with E-state index < -0.39 is 0 Å². The van der Waals surface area contributed by atoms with E-state index in [0.717, 1.165) is 16.7 Å². The van der Waals surface area contributed by atoms with Gasteiger partial charge in [0.2, 0.25) is 0 Å². The molecule has 0 aliphatic carbocycles. The number of aryl methyl sites for hydroxylation is 2. The lowest BCUT2D eigenvalue weighted by atomic mass is 10.0. The third kappa shape index (κ3) is 3.13. The molecule has 1 aliphatic heterocycles. The Labute approximate surface area is 135 Å². The first-order chi connectivity index (χ1) is 11.1. The van der Waals surface area contributed by atoms with E-state index in [1.165, 1.54) is 0 Å². The van der Waals surface area contributed by atoms with Gasteiger partial charge >= 0.3 is 0 Å². The van der Waals surface area contributed by atoms with Crippen LogP contribution in [0.4, 0.5) is 0 Å². The van der Waals surface area contributed by atoms with E-state index in [1.807, 2.05) is 43.0 Å². The maximum Gasteiger partial charge on any atom is 0.270 e. The maximum absolute atomic E-state index is 12.7. The molecule has 3 rings (SSSR count). The topological polar surface area (TPSA) is 56.4 Å². The van der Waals surface area contributed by atoms with E-state index in [9.17, 15) is 9.59 Å². The molecule has 1 aromatic heterocycles. The third-order valence-electron chi connectivity index (χ3n) is 4.29. The lowest BCUT2D eigenvalue weighted by Crippen LogP contribution is -2.50. The van der Waals surface area contributed by atoms with Gasteiger partial charge in [0.1, 0.15) is 5.69 Å². The van der Waals surface area contributed by atoms with Gasteiger partial charge in [0.25, 0.3) is 11.8 Å². The van der Waals surface area contributed by atoms with Crippen molar-refractivity contribution in [2.45, 2.75) is 13.8 Å². The van der Waals surface area contributed by atoms with Crippen LogP contribution in [0.3, 0.4) is 0 Å². The largest absolute Gasteiger partial charge is 0.357 e. The molecule has 0 bridgehead atoms. The second-order valence-electron chi connectivity index (χ2n) is 5.99. The van der Waals surface area contributed by atoms with E-state index in [4.69, 9.17) is 0 Å². The number of amides is 2. The smallest absolute Gasteiger partial charge is 0.270 e. The fourth-order valence-corrected chi connectivity index (χ4v) is 2.97. The normalized spacial score (nSPS) is 14.9. The van der Waals surface area contributed by atoms with Gasteiger partial charge < -0.3 is 14.8 Å². The molecule has 1 saturated heterocycles. The monoisotopic (exact) mass is 311 g/mol. The van der Waals surface area contributed by atoms with Crippen LogP contribution < -0.4 is 0 Å². The first-order valence-electron chi connectivity index (χ1n) is 7.85. The minimum absolute atomic E-state index is 0.00591. The zero-order valence-electron chi connectivity index (χ0n) is 13.5. The molecule has 1 aliphatic rings. The molecular formula is C18H21N3O2. The highest BCUT2D eigenvalue weighted by Crippen LogP contribution is 2.15. The van der Waals surface area contributed by atoms with Gasteiger partial charge in [-0.2, -0.15) is 0 Å². The molecule has 0 spiro atoms. The second kappa shape index (κ2) is 6.28. The third-order valence-corrected chi connectivity index (χ3v) is 4.29. The molecular weight excluding hydrogens is 290 g/mol. The summed E-state index contributed by atoms with van der Waals surface area (Å²) in [7, 11) is 0. The van der Waals surface area contributed by atoms with Crippen molar-refractivity contribution in [1.29, 1.82) is 0 Å². The van der Waals surface area contributed by atoms with Crippen LogP contribution in [-0.2, 0) is 0 Å². The number of hydrogen-bond acceptors (Lipinski definition) is 2. The zero-order valence-corrected chi connectivity index (χ0v) is 13.5. The lowest BCUT2D eigenvalue weighted by Gasteiger charge is -2.34. The molecule has 5 nitrogen and oxygen atoms in total. The minimum Gasteiger partial charge on any atom is -0.357 e. The van der Waals surface area contributed by atoms with Crippen molar-refractivity contribution in [3.8, 4) is 0 Å². The Kier molecular flexibility index (Phi) is 4.19. The quantitative estimate of drug-likeness (QED) is 0.924. The van der Waals surface area contributed by atoms with Crippen molar-refractivity contribution in [2.24, 2.45) is 0 Å². The van der Waals surface area contributed by atoms with E-state index in [1.54, 1.807) is 17.2 Å². The van der Waals surface area contributed by atoms with Gasteiger partial charge in [-0.05, 0) is 37.6 Å². The SMILES string of the molecule is Cc1ccc(C(=O)N2CCN(C(=O)c3ccc[nH]3)CC2)c(C)c1. The van der Waals surface area contributed by atoms with Crippen LogP contribution in [0.25, 0.3) is 0 Å². The summed E-state index contributed by atoms with van der Waals surface area (Å²) in [5.74, 6) is 0.0445. The average Bonchev–Trinajstić information content (AvgIpc) is 3.08. The summed E-state index contributed by atoms with van der Waals surface area (Å²) in [6.07, 6.45) is 1.74. The fraction of sp³-hybridized carbons (Fsp3) is 0.333. The molecule has 2 amide bonds. The molecule has 5 heteroatoms. The number of aromatic amines is 1. The average molecular weight is 311 g/mol. The summed E-state index contributed by atoms with van der Waals surface area (Å²) < 4.78 is 0. The van der Waals surface area contributed by atoms with Gasteiger partial charge in [-0.1, -0.05) is 17.7 Å². The Hall–Kier alpha value is -2.56. The molecule has 0 atom stereocenters. The molecule has 2 heterocycles. The summed E-state index contributed by atoms with van der Waals surface area (Å²) >= 11 is 0. The highest BCUT2D eigenvalue weighted by atomic mass is 16.2. The number of rotatable bonds is 2. The van der Waals surface area contributed by atoms with Crippen molar-refractivity contribution in [3.05, 3.63) is 58.9 Å². The van der Waals surface area contributed by atoms with Crippen LogP contribution in [0.15, 0.2) is 36.5 Å². The number of H-pyrrole nitrogens is 1. The molecule has 1 fully saturated rings. The van der Waals surface area contributed by atoms with Gasteiger partial charge in [-0.25, -0.2) is 0 Å². The fourth-order valence-electron chi connectivity index (χ4n) is 2.97. The van der Waals surface area contributed by atoms with Gasteiger partial charge in [-0.3, -0.25) is 9.59 Å². The van der Waals surface area contributed by atoms with Crippen LogP contribution in [0.1, 0.15) is 32.0 Å². The van der Waals surface area contributed by atoms with Gasteiger partial charge in [0.05, 0.1) is 0 Å². The number of carbonyl (C=O) groups excluding carboxylic acids is 2. The van der Waals surface area contributed by atoms with Gasteiger partial charge in [0, 0.05) is 37.9 Å². The number of carbonyl (C=O) groups is 2. The molecule has 0 radical (unpaired) electrons. The number of hydrogen-bond donors (Lipinski definition) is 1. The molecule has 1 N–H and O–H groups in total. The number of nitrogens with zero attached hydrogens (tertiary/aromatic N) is 2. The van der Waals surface area contributed by atoms with Crippen LogP contribution in [0, 0.1) is 13.8 Å². The van der Waals surface area contributed by atoms with Crippen molar-refractivity contribution in [1.82, 2.24) is 14.8 Å². The summed E-state index contributed by atoms with van der Waals surface area (Å²) in [5.41, 5.74) is 3.50. The lowest BCUT2D eigenvalue weighted by molar-refractivity contribution is 0.0532. The molecule has 1 aromatic carbocycles. The number of aromatic nitrogens is 1. The van der Waals surface area contributed by atoms with Crippen molar-refractivity contribution >= 4 is 11.8 Å². The Morgan fingerprint density at radius 1 is 0.957 bits per heavy atom. The number of benzene rings is 1. The second-order valence-corrected chi connectivity index (χ2v) is 5.99. The van der Waals surface area contributed by atoms with Crippen LogP contribution in [-0.4, -0.2) is 52.8 Å². The van der Waals surface area contributed by atoms with Gasteiger partial charge in [0.15, 0.2) is 0 Å². The predicted octanol–water partition coefficient (Wildman–Crippen LogP) is 2.23. The van der Waals surface area contributed by atoms with Crippen molar-refractivity contribution in [2.75, 3.05) is 26.2 Å². The van der Waals surface area contributed by atoms with Crippen LogP contribution in [0.5, 0.6) is 0 Å². The highest BCUT2D eigenvalue weighted by molar-refractivity contribution is 5.96. The van der Waals surface area contributed by atoms with E-state index >= 15 is 0 Å². The zero-order chi connectivity index (χ0) is 16.4. The predicted molar refractivity (Wildman–Crippen MR) is 88.5 cm³/mol. The van der Waals surface area contributed by atoms with E-state index in [-0.39, 0.29) is 11.8 Å². The Morgan fingerprint density at radius 3 is 2.17 bits per heavy atom.